The van der Waals surface area contributed by atoms with E-state index < -0.39 is 11.2 Å². The van der Waals surface area contributed by atoms with Gasteiger partial charge in [-0.25, -0.2) is 0 Å². The van der Waals surface area contributed by atoms with Crippen LogP contribution in [0.5, 0.6) is 23.0 Å². The molecule has 0 radical (unpaired) electrons. The molecule has 0 aliphatic rings. The van der Waals surface area contributed by atoms with Crippen LogP contribution in [0, 0.1) is 5.41 Å². The van der Waals surface area contributed by atoms with Gasteiger partial charge in [-0.3, -0.25) is 9.59 Å². The van der Waals surface area contributed by atoms with Gasteiger partial charge in [-0.05, 0) is 55.8 Å². The Kier molecular flexibility index (Phi) is 5.90. The molecule has 2 N–H and O–H groups in total. The minimum absolute atomic E-state index is 0.00207. The first-order chi connectivity index (χ1) is 12.7. The van der Waals surface area contributed by atoms with Gasteiger partial charge in [-0.15, -0.1) is 0 Å². The van der Waals surface area contributed by atoms with Crippen molar-refractivity contribution in [2.24, 2.45) is 5.41 Å². The summed E-state index contributed by atoms with van der Waals surface area (Å²) in [6.07, 6.45) is 2.87. The molecule has 0 amide bonds. The molecule has 0 aliphatic heterocycles. The third-order valence-corrected chi connectivity index (χ3v) is 4.26. The Labute approximate surface area is 157 Å². The number of phenolic OH excluding ortho intramolecular Hbond substituents is 2. The lowest BCUT2D eigenvalue weighted by Crippen LogP contribution is -2.32. The van der Waals surface area contributed by atoms with Gasteiger partial charge in [-0.2, -0.15) is 0 Å². The Bertz CT molecular complexity index is 896. The summed E-state index contributed by atoms with van der Waals surface area (Å²) >= 11 is 0. The number of rotatable bonds is 7. The van der Waals surface area contributed by atoms with E-state index in [-0.39, 0.29) is 34.3 Å². The molecule has 6 nitrogen and oxygen atoms in total. The van der Waals surface area contributed by atoms with E-state index >= 15 is 0 Å². The quantitative estimate of drug-likeness (QED) is 0.439. The number of benzene rings is 2. The summed E-state index contributed by atoms with van der Waals surface area (Å²) in [7, 11) is 2.82. The number of carbonyl (C=O) groups is 2. The first-order valence-electron chi connectivity index (χ1n) is 8.22. The second-order valence-corrected chi connectivity index (χ2v) is 6.47. The molecule has 2 aromatic carbocycles. The largest absolute Gasteiger partial charge is 0.504 e. The van der Waals surface area contributed by atoms with Gasteiger partial charge in [0.15, 0.2) is 34.6 Å². The van der Waals surface area contributed by atoms with Crippen LogP contribution in [0.25, 0.3) is 6.08 Å². The molecule has 0 fully saturated rings. The summed E-state index contributed by atoms with van der Waals surface area (Å²) in [6.45, 7) is 3.08. The number of carbonyl (C=O) groups excluding carboxylic acids is 2. The Morgan fingerprint density at radius 3 is 2.07 bits per heavy atom. The highest BCUT2D eigenvalue weighted by Gasteiger charge is 2.35. The van der Waals surface area contributed by atoms with E-state index in [0.717, 1.165) is 0 Å². The summed E-state index contributed by atoms with van der Waals surface area (Å²) in [5, 5.41) is 19.3. The molecule has 2 rings (SSSR count). The van der Waals surface area contributed by atoms with Crippen LogP contribution >= 0.6 is 0 Å². The predicted molar refractivity (Wildman–Crippen MR) is 101 cm³/mol. The van der Waals surface area contributed by atoms with Gasteiger partial charge in [0.05, 0.1) is 19.6 Å². The molecular weight excluding hydrogens is 348 g/mol. The van der Waals surface area contributed by atoms with Crippen LogP contribution in [0.4, 0.5) is 0 Å². The molecule has 0 heterocycles. The highest BCUT2D eigenvalue weighted by molar-refractivity contribution is 6.18. The predicted octanol–water partition coefficient (Wildman–Crippen LogP) is 3.61. The lowest BCUT2D eigenvalue weighted by molar-refractivity contribution is -0.120. The molecular formula is C21H22O6. The summed E-state index contributed by atoms with van der Waals surface area (Å²) in [6, 6.07) is 8.87. The van der Waals surface area contributed by atoms with E-state index in [9.17, 15) is 19.8 Å². The van der Waals surface area contributed by atoms with E-state index in [2.05, 4.69) is 0 Å². The zero-order valence-electron chi connectivity index (χ0n) is 15.6. The fourth-order valence-electron chi connectivity index (χ4n) is 2.47. The van der Waals surface area contributed by atoms with Gasteiger partial charge in [0.1, 0.15) is 0 Å². The maximum Gasteiger partial charge on any atom is 0.176 e. The molecule has 0 saturated carbocycles. The molecule has 27 heavy (non-hydrogen) atoms. The molecule has 0 unspecified atom stereocenters. The van der Waals surface area contributed by atoms with Crippen LogP contribution in [0.3, 0.4) is 0 Å². The lowest BCUT2D eigenvalue weighted by atomic mass is 9.80. The van der Waals surface area contributed by atoms with Crippen molar-refractivity contribution in [3.8, 4) is 23.0 Å². The van der Waals surface area contributed by atoms with Crippen molar-refractivity contribution in [1.29, 1.82) is 0 Å². The summed E-state index contributed by atoms with van der Waals surface area (Å²) in [5.41, 5.74) is -0.394. The minimum atomic E-state index is -1.31. The number of phenols is 2. The summed E-state index contributed by atoms with van der Waals surface area (Å²) < 4.78 is 10.0. The SMILES string of the molecule is COc1cc(C=CC(=O)C(C)(C)C(=O)c2ccc(O)c(OC)c2)ccc1O. The maximum atomic E-state index is 12.8. The smallest absolute Gasteiger partial charge is 0.176 e. The molecule has 0 aliphatic carbocycles. The van der Waals surface area contributed by atoms with E-state index in [4.69, 9.17) is 9.47 Å². The number of ketones is 2. The standard InChI is InChI=1S/C21H22O6/c1-21(2,20(25)14-7-9-16(23)18(12-14)27-4)19(24)10-6-13-5-8-15(22)17(11-13)26-3/h5-12,22-23H,1-4H3. The van der Waals surface area contributed by atoms with Crippen molar-refractivity contribution in [3.63, 3.8) is 0 Å². The van der Waals surface area contributed by atoms with Crippen LogP contribution in [-0.2, 0) is 4.79 Å². The molecule has 0 bridgehead atoms. The van der Waals surface area contributed by atoms with E-state index in [0.29, 0.717) is 5.56 Å². The van der Waals surface area contributed by atoms with Crippen LogP contribution in [0.15, 0.2) is 42.5 Å². The number of aromatic hydroxyl groups is 2. The Balaban J connectivity index is 2.24. The Hall–Kier alpha value is -3.28. The van der Waals surface area contributed by atoms with E-state index in [1.54, 1.807) is 32.1 Å². The molecule has 0 atom stereocenters. The van der Waals surface area contributed by atoms with Crippen LogP contribution in [0.1, 0.15) is 29.8 Å². The van der Waals surface area contributed by atoms with Gasteiger partial charge in [-0.1, -0.05) is 12.1 Å². The number of Topliss-reactive ketones (excluding diaryl/α,β-unsaturated/α-hetero) is 1. The van der Waals surface area contributed by atoms with Crippen molar-refractivity contribution < 1.29 is 29.3 Å². The zero-order chi connectivity index (χ0) is 20.2. The van der Waals surface area contributed by atoms with Crippen molar-refractivity contribution in [3.05, 3.63) is 53.6 Å². The monoisotopic (exact) mass is 370 g/mol. The van der Waals surface area contributed by atoms with Crippen LogP contribution < -0.4 is 9.47 Å². The van der Waals surface area contributed by atoms with Gasteiger partial charge in [0, 0.05) is 5.56 Å². The van der Waals surface area contributed by atoms with Gasteiger partial charge < -0.3 is 19.7 Å². The topological polar surface area (TPSA) is 93.1 Å². The Morgan fingerprint density at radius 2 is 1.48 bits per heavy atom. The average molecular weight is 370 g/mol. The van der Waals surface area contributed by atoms with E-state index in [1.807, 2.05) is 0 Å². The highest BCUT2D eigenvalue weighted by Crippen LogP contribution is 2.31. The third kappa shape index (κ3) is 4.28. The fourth-order valence-corrected chi connectivity index (χ4v) is 2.47. The van der Waals surface area contributed by atoms with Crippen LogP contribution in [-0.4, -0.2) is 36.0 Å². The summed E-state index contributed by atoms with van der Waals surface area (Å²) in [5.74, 6) is -0.408. The van der Waals surface area contributed by atoms with Crippen molar-refractivity contribution in [2.45, 2.75) is 13.8 Å². The van der Waals surface area contributed by atoms with Crippen molar-refractivity contribution in [2.75, 3.05) is 14.2 Å². The van der Waals surface area contributed by atoms with Gasteiger partial charge in [0.2, 0.25) is 0 Å². The van der Waals surface area contributed by atoms with Crippen molar-refractivity contribution >= 4 is 17.6 Å². The Morgan fingerprint density at radius 1 is 0.926 bits per heavy atom. The number of methoxy groups -OCH3 is 2. The number of allylic oxidation sites excluding steroid dienone is 1. The lowest BCUT2D eigenvalue weighted by Gasteiger charge is -2.20. The van der Waals surface area contributed by atoms with Crippen LogP contribution in [0.2, 0.25) is 0 Å². The number of hydrogen-bond donors (Lipinski definition) is 2. The molecule has 142 valence electrons. The molecule has 2 aromatic rings. The van der Waals surface area contributed by atoms with E-state index in [1.165, 1.54) is 44.6 Å². The third-order valence-electron chi connectivity index (χ3n) is 4.26. The first-order valence-corrected chi connectivity index (χ1v) is 8.22. The zero-order valence-corrected chi connectivity index (χ0v) is 15.6. The molecule has 6 heteroatoms. The highest BCUT2D eigenvalue weighted by atomic mass is 16.5. The number of ether oxygens (including phenoxy) is 2. The number of hydrogen-bond acceptors (Lipinski definition) is 6. The molecule has 0 saturated heterocycles. The second-order valence-electron chi connectivity index (χ2n) is 6.47. The average Bonchev–Trinajstić information content (AvgIpc) is 2.66. The maximum absolute atomic E-state index is 12.8. The summed E-state index contributed by atoms with van der Waals surface area (Å²) in [4.78, 5) is 25.4. The second kappa shape index (κ2) is 7.95. The van der Waals surface area contributed by atoms with Gasteiger partial charge >= 0.3 is 0 Å². The molecule has 0 aromatic heterocycles. The van der Waals surface area contributed by atoms with Gasteiger partial charge in [0.25, 0.3) is 0 Å². The minimum Gasteiger partial charge on any atom is -0.504 e. The molecule has 0 spiro atoms. The fraction of sp³-hybridized carbons (Fsp3) is 0.238. The van der Waals surface area contributed by atoms with Crippen molar-refractivity contribution in [1.82, 2.24) is 0 Å². The first kappa shape index (κ1) is 20.0. The normalized spacial score (nSPS) is 11.4.